The molecule has 1 N–H and O–H groups in total. The first-order valence-corrected chi connectivity index (χ1v) is 9.20. The van der Waals surface area contributed by atoms with E-state index in [9.17, 15) is 28.1 Å². The van der Waals surface area contributed by atoms with E-state index in [1.54, 1.807) is 6.07 Å². The number of halogens is 3. The molecule has 2 aromatic carbocycles. The monoisotopic (exact) mass is 407 g/mol. The zero-order valence-corrected chi connectivity index (χ0v) is 15.5. The summed E-state index contributed by atoms with van der Waals surface area (Å²) in [6.45, 7) is 0.619. The van der Waals surface area contributed by atoms with Gasteiger partial charge in [0.1, 0.15) is 5.69 Å². The number of anilines is 1. The molecular weight excluding hydrogens is 387 g/mol. The predicted molar refractivity (Wildman–Crippen MR) is 101 cm³/mol. The highest BCUT2D eigenvalue weighted by Crippen LogP contribution is 2.34. The van der Waals surface area contributed by atoms with Crippen LogP contribution >= 0.6 is 0 Å². The van der Waals surface area contributed by atoms with Gasteiger partial charge >= 0.3 is 6.18 Å². The number of nitrogens with zero attached hydrogens (tertiary/aromatic N) is 2. The molecule has 2 aromatic rings. The van der Waals surface area contributed by atoms with Crippen molar-refractivity contribution in [2.24, 2.45) is 0 Å². The number of nitro groups is 1. The van der Waals surface area contributed by atoms with Gasteiger partial charge in [0, 0.05) is 12.1 Å². The fourth-order valence-corrected chi connectivity index (χ4v) is 3.56. The van der Waals surface area contributed by atoms with Gasteiger partial charge in [0.2, 0.25) is 5.91 Å². The second kappa shape index (κ2) is 8.60. The number of hydrogen-bond acceptors (Lipinski definition) is 4. The number of benzene rings is 2. The number of amides is 1. The molecule has 1 heterocycles. The molecule has 1 aliphatic heterocycles. The van der Waals surface area contributed by atoms with Gasteiger partial charge in [-0.15, -0.1) is 0 Å². The molecule has 0 saturated carbocycles. The summed E-state index contributed by atoms with van der Waals surface area (Å²) in [6, 6.07) is 10.7. The molecule has 1 fully saturated rings. The standard InChI is InChI=1S/C20H20F3N3O3/c21-20(22,23)15-10-8-14(9-11-15)17-6-3-4-12-25(17)13-19(27)24-16-5-1-2-7-18(16)26(28)29/h1-2,5,7-11,17H,3-4,6,12-13H2,(H,24,27). The molecule has 0 aliphatic carbocycles. The largest absolute Gasteiger partial charge is 0.416 e. The van der Waals surface area contributed by atoms with E-state index in [1.807, 2.05) is 4.90 Å². The summed E-state index contributed by atoms with van der Waals surface area (Å²) >= 11 is 0. The number of alkyl halides is 3. The normalized spacial score (nSPS) is 17.7. The van der Waals surface area contributed by atoms with Crippen LogP contribution in [0.3, 0.4) is 0 Å². The van der Waals surface area contributed by atoms with Crippen molar-refractivity contribution >= 4 is 17.3 Å². The summed E-state index contributed by atoms with van der Waals surface area (Å²) in [5.41, 5.74) is -0.0710. The van der Waals surface area contributed by atoms with Gasteiger partial charge in [0.25, 0.3) is 5.69 Å². The maximum absolute atomic E-state index is 12.8. The average molecular weight is 407 g/mol. The quantitative estimate of drug-likeness (QED) is 0.572. The van der Waals surface area contributed by atoms with Crippen LogP contribution in [0.1, 0.15) is 36.4 Å². The van der Waals surface area contributed by atoms with E-state index < -0.39 is 22.6 Å². The number of para-hydroxylation sites is 2. The Balaban J connectivity index is 1.72. The summed E-state index contributed by atoms with van der Waals surface area (Å²) < 4.78 is 38.4. The van der Waals surface area contributed by atoms with Gasteiger partial charge in [-0.05, 0) is 43.1 Å². The molecule has 0 radical (unpaired) electrons. The van der Waals surface area contributed by atoms with Crippen molar-refractivity contribution in [1.29, 1.82) is 0 Å². The van der Waals surface area contributed by atoms with Crippen molar-refractivity contribution in [3.63, 3.8) is 0 Å². The number of rotatable bonds is 5. The number of piperidine rings is 1. The van der Waals surface area contributed by atoms with Crippen molar-refractivity contribution in [2.45, 2.75) is 31.5 Å². The second-order valence-corrected chi connectivity index (χ2v) is 6.92. The first-order valence-electron chi connectivity index (χ1n) is 9.20. The van der Waals surface area contributed by atoms with E-state index in [4.69, 9.17) is 0 Å². The maximum atomic E-state index is 12.8. The summed E-state index contributed by atoms with van der Waals surface area (Å²) in [5, 5.41) is 13.7. The molecular formula is C20H20F3N3O3. The van der Waals surface area contributed by atoms with Crippen LogP contribution in [0.5, 0.6) is 0 Å². The zero-order valence-electron chi connectivity index (χ0n) is 15.5. The Morgan fingerprint density at radius 2 is 1.83 bits per heavy atom. The smallest absolute Gasteiger partial charge is 0.319 e. The third kappa shape index (κ3) is 5.11. The molecule has 1 unspecified atom stereocenters. The molecule has 9 heteroatoms. The Hall–Kier alpha value is -2.94. The van der Waals surface area contributed by atoms with Gasteiger partial charge in [0.05, 0.1) is 17.0 Å². The number of likely N-dealkylation sites (tertiary alicyclic amines) is 1. The highest BCUT2D eigenvalue weighted by atomic mass is 19.4. The molecule has 154 valence electrons. The van der Waals surface area contributed by atoms with Crippen LogP contribution in [0.2, 0.25) is 0 Å². The fourth-order valence-electron chi connectivity index (χ4n) is 3.56. The van der Waals surface area contributed by atoms with Crippen molar-refractivity contribution < 1.29 is 22.9 Å². The van der Waals surface area contributed by atoms with E-state index in [1.165, 1.54) is 30.3 Å². The Labute approximate surface area is 165 Å². The van der Waals surface area contributed by atoms with E-state index >= 15 is 0 Å². The van der Waals surface area contributed by atoms with Crippen molar-refractivity contribution in [1.82, 2.24) is 4.90 Å². The van der Waals surface area contributed by atoms with Crippen molar-refractivity contribution in [3.05, 3.63) is 69.8 Å². The molecule has 1 aliphatic rings. The van der Waals surface area contributed by atoms with Gasteiger partial charge in [-0.1, -0.05) is 30.7 Å². The minimum Gasteiger partial charge on any atom is -0.319 e. The Morgan fingerprint density at radius 1 is 1.14 bits per heavy atom. The lowest BCUT2D eigenvalue weighted by atomic mass is 9.94. The fraction of sp³-hybridized carbons (Fsp3) is 0.350. The van der Waals surface area contributed by atoms with Crippen LogP contribution in [0.15, 0.2) is 48.5 Å². The lowest BCUT2D eigenvalue weighted by Gasteiger charge is -2.35. The third-order valence-corrected chi connectivity index (χ3v) is 4.96. The van der Waals surface area contributed by atoms with E-state index in [-0.39, 0.29) is 24.0 Å². The molecule has 1 saturated heterocycles. The first kappa shape index (κ1) is 20.8. The average Bonchev–Trinajstić information content (AvgIpc) is 2.68. The molecule has 0 bridgehead atoms. The first-order chi connectivity index (χ1) is 13.8. The molecule has 1 amide bonds. The minimum absolute atomic E-state index is 0.00224. The van der Waals surface area contributed by atoms with E-state index in [0.717, 1.165) is 37.0 Å². The summed E-state index contributed by atoms with van der Waals surface area (Å²) in [5.74, 6) is -0.405. The predicted octanol–water partition coefficient (Wildman–Crippen LogP) is 4.78. The third-order valence-electron chi connectivity index (χ3n) is 4.96. The molecule has 1 atom stereocenters. The SMILES string of the molecule is O=C(CN1CCCCC1c1ccc(C(F)(F)F)cc1)Nc1ccccc1[N+](=O)[O-]. The number of hydrogen-bond donors (Lipinski definition) is 1. The molecule has 6 nitrogen and oxygen atoms in total. The van der Waals surface area contributed by atoms with Gasteiger partial charge in [-0.25, -0.2) is 0 Å². The van der Waals surface area contributed by atoms with Crippen molar-refractivity contribution in [2.75, 3.05) is 18.4 Å². The van der Waals surface area contributed by atoms with Gasteiger partial charge in [0.15, 0.2) is 0 Å². The van der Waals surface area contributed by atoms with Gasteiger partial charge < -0.3 is 5.32 Å². The van der Waals surface area contributed by atoms with Crippen LogP contribution in [-0.4, -0.2) is 28.8 Å². The Morgan fingerprint density at radius 3 is 2.48 bits per heavy atom. The summed E-state index contributed by atoms with van der Waals surface area (Å²) in [7, 11) is 0. The van der Waals surface area contributed by atoms with Crippen molar-refractivity contribution in [3.8, 4) is 0 Å². The molecule has 3 rings (SSSR count). The lowest BCUT2D eigenvalue weighted by Crippen LogP contribution is -2.39. The highest BCUT2D eigenvalue weighted by Gasteiger charge is 2.31. The minimum atomic E-state index is -4.39. The van der Waals surface area contributed by atoms with Gasteiger partial charge in [-0.3, -0.25) is 19.8 Å². The molecule has 0 spiro atoms. The molecule has 29 heavy (non-hydrogen) atoms. The van der Waals surface area contributed by atoms with E-state index in [0.29, 0.717) is 6.54 Å². The van der Waals surface area contributed by atoms with E-state index in [2.05, 4.69) is 5.32 Å². The highest BCUT2D eigenvalue weighted by molar-refractivity contribution is 5.94. The van der Waals surface area contributed by atoms with Crippen LogP contribution in [0.25, 0.3) is 0 Å². The van der Waals surface area contributed by atoms with Crippen LogP contribution < -0.4 is 5.32 Å². The zero-order chi connectivity index (χ0) is 21.0. The summed E-state index contributed by atoms with van der Waals surface area (Å²) in [6.07, 6.45) is -1.89. The van der Waals surface area contributed by atoms with Crippen LogP contribution in [0.4, 0.5) is 24.5 Å². The number of carbonyl (C=O) groups excluding carboxylic acids is 1. The number of nitro benzene ring substituents is 1. The topological polar surface area (TPSA) is 75.5 Å². The van der Waals surface area contributed by atoms with Crippen LogP contribution in [-0.2, 0) is 11.0 Å². The van der Waals surface area contributed by atoms with Crippen LogP contribution in [0, 0.1) is 10.1 Å². The Bertz CT molecular complexity index is 885. The Kier molecular flexibility index (Phi) is 6.17. The second-order valence-electron chi connectivity index (χ2n) is 6.92. The number of carbonyl (C=O) groups is 1. The molecule has 0 aromatic heterocycles. The maximum Gasteiger partial charge on any atom is 0.416 e. The summed E-state index contributed by atoms with van der Waals surface area (Å²) in [4.78, 5) is 24.9. The number of nitrogens with one attached hydrogen (secondary N) is 1. The lowest BCUT2D eigenvalue weighted by molar-refractivity contribution is -0.383. The van der Waals surface area contributed by atoms with Gasteiger partial charge in [-0.2, -0.15) is 13.2 Å².